The first-order valence-corrected chi connectivity index (χ1v) is 10.4. The quantitative estimate of drug-likeness (QED) is 0.564. The van der Waals surface area contributed by atoms with Crippen LogP contribution in [-0.2, 0) is 20.9 Å². The first kappa shape index (κ1) is 31.3. The van der Waals surface area contributed by atoms with Gasteiger partial charge in [-0.15, -0.1) is 0 Å². The molecule has 1 aromatic carbocycles. The van der Waals surface area contributed by atoms with Crippen LogP contribution in [0.1, 0.15) is 5.56 Å². The molecule has 2 heterocycles. The van der Waals surface area contributed by atoms with Gasteiger partial charge in [0.1, 0.15) is 11.5 Å². The number of rotatable bonds is 4. The lowest BCUT2D eigenvalue weighted by Gasteiger charge is -2.19. The van der Waals surface area contributed by atoms with Gasteiger partial charge in [-0.2, -0.15) is 26.3 Å². The first-order valence-electron chi connectivity index (χ1n) is 10.4. The van der Waals surface area contributed by atoms with Crippen molar-refractivity contribution in [3.8, 4) is 11.5 Å². The molecule has 15 heteroatoms. The second-order valence-corrected chi connectivity index (χ2v) is 7.95. The highest BCUT2D eigenvalue weighted by Gasteiger charge is 2.39. The summed E-state index contributed by atoms with van der Waals surface area (Å²) in [6, 6.07) is 6.09. The van der Waals surface area contributed by atoms with E-state index in [1.807, 2.05) is 6.07 Å². The lowest BCUT2D eigenvalue weighted by atomic mass is 10.1. The largest absolute Gasteiger partial charge is 0.497 e. The monoisotopic (exact) mass is 534 g/mol. The number of alkyl halides is 6. The molecule has 3 rings (SSSR count). The number of aliphatic carboxylic acids is 2. The van der Waals surface area contributed by atoms with Crippen molar-refractivity contribution in [2.24, 2.45) is 5.92 Å². The van der Waals surface area contributed by atoms with E-state index in [-0.39, 0.29) is 0 Å². The van der Waals surface area contributed by atoms with Crippen LogP contribution in [-0.4, -0.2) is 104 Å². The summed E-state index contributed by atoms with van der Waals surface area (Å²) in [7, 11) is 5.56. The molecule has 0 bridgehead atoms. The van der Waals surface area contributed by atoms with E-state index in [9.17, 15) is 26.3 Å². The fraction of sp³-hybridized carbons (Fsp3) is 0.619. The zero-order valence-electron chi connectivity index (χ0n) is 19.7. The van der Waals surface area contributed by atoms with Crippen LogP contribution in [0.4, 0.5) is 26.3 Å². The Bertz CT molecular complexity index is 820. The molecule has 2 atom stereocenters. The predicted molar refractivity (Wildman–Crippen MR) is 113 cm³/mol. The molecule has 0 aliphatic carbocycles. The SMILES string of the molecule is COc1cc(CN2C[C@@H]3CN(C)CCO[C@@H]3C2)cc(OC)c1.O=C(O)C(F)(F)F.O=C(O)C(F)(F)F. The minimum Gasteiger partial charge on any atom is -0.497 e. The zero-order chi connectivity index (χ0) is 27.7. The summed E-state index contributed by atoms with van der Waals surface area (Å²) in [4.78, 5) is 22.6. The van der Waals surface area contributed by atoms with Gasteiger partial charge in [-0.3, -0.25) is 4.90 Å². The van der Waals surface area contributed by atoms with Crippen molar-refractivity contribution in [2.75, 3.05) is 54.1 Å². The van der Waals surface area contributed by atoms with E-state index in [4.69, 9.17) is 34.0 Å². The van der Waals surface area contributed by atoms with E-state index in [1.165, 1.54) is 5.56 Å². The van der Waals surface area contributed by atoms with Gasteiger partial charge in [0, 0.05) is 44.7 Å². The van der Waals surface area contributed by atoms with Crippen molar-refractivity contribution in [1.29, 1.82) is 0 Å². The highest BCUT2D eigenvalue weighted by molar-refractivity contribution is 5.73. The summed E-state index contributed by atoms with van der Waals surface area (Å²) in [5, 5.41) is 14.2. The fourth-order valence-corrected chi connectivity index (χ4v) is 3.49. The Morgan fingerprint density at radius 1 is 0.944 bits per heavy atom. The standard InChI is InChI=1S/C17H26N2O3.2C2HF3O2/c1-18-4-5-22-17-12-19(11-14(17)10-18)9-13-6-15(20-2)8-16(7-13)21-3;2*3-2(4,5)1(6)7/h6-8,14,17H,4-5,9-12H2,1-3H3;2*(H,6,7)/t14-,17+;;/m0../s1. The minimum absolute atomic E-state index is 0.373. The summed E-state index contributed by atoms with van der Waals surface area (Å²) in [5.41, 5.74) is 1.22. The topological polar surface area (TPSA) is 109 Å². The van der Waals surface area contributed by atoms with Gasteiger partial charge in [-0.05, 0) is 24.7 Å². The third kappa shape index (κ3) is 10.9. The van der Waals surface area contributed by atoms with Crippen LogP contribution in [0.25, 0.3) is 0 Å². The number of hydrogen-bond donors (Lipinski definition) is 2. The predicted octanol–water partition coefficient (Wildman–Crippen LogP) is 2.73. The Balaban J connectivity index is 0.000000383. The van der Waals surface area contributed by atoms with Crippen molar-refractivity contribution in [3.63, 3.8) is 0 Å². The number of nitrogens with zero attached hydrogens (tertiary/aromatic N) is 2. The maximum Gasteiger partial charge on any atom is 0.490 e. The summed E-state index contributed by atoms with van der Waals surface area (Å²) in [6.07, 6.45) is -9.79. The molecule has 2 N–H and O–H groups in total. The van der Waals surface area contributed by atoms with Gasteiger partial charge in [-0.1, -0.05) is 0 Å². The molecule has 36 heavy (non-hydrogen) atoms. The van der Waals surface area contributed by atoms with Crippen LogP contribution in [0.2, 0.25) is 0 Å². The van der Waals surface area contributed by atoms with Crippen LogP contribution < -0.4 is 9.47 Å². The number of ether oxygens (including phenoxy) is 3. The Hall–Kier alpha value is -2.78. The number of likely N-dealkylation sites (N-methyl/N-ethyl adjacent to an activating group) is 1. The number of hydrogen-bond acceptors (Lipinski definition) is 7. The molecular weight excluding hydrogens is 506 g/mol. The minimum atomic E-state index is -5.08. The smallest absolute Gasteiger partial charge is 0.490 e. The Morgan fingerprint density at radius 3 is 1.83 bits per heavy atom. The number of carboxylic acid groups (broad SMARTS) is 2. The number of benzene rings is 1. The number of fused-ring (bicyclic) bond motifs is 1. The van der Waals surface area contributed by atoms with Gasteiger partial charge in [0.05, 0.1) is 26.9 Å². The van der Waals surface area contributed by atoms with Crippen molar-refractivity contribution < 1.29 is 60.4 Å². The summed E-state index contributed by atoms with van der Waals surface area (Å²) < 4.78 is 80.2. The lowest BCUT2D eigenvalue weighted by Crippen LogP contribution is -2.29. The number of halogens is 6. The molecule has 9 nitrogen and oxygen atoms in total. The molecule has 2 fully saturated rings. The lowest BCUT2D eigenvalue weighted by molar-refractivity contribution is -0.193. The Morgan fingerprint density at radius 2 is 1.42 bits per heavy atom. The molecule has 0 spiro atoms. The fourth-order valence-electron chi connectivity index (χ4n) is 3.49. The van der Waals surface area contributed by atoms with Gasteiger partial charge in [0.15, 0.2) is 0 Å². The first-order chi connectivity index (χ1) is 16.6. The summed E-state index contributed by atoms with van der Waals surface area (Å²) in [5.74, 6) is -3.21. The molecule has 2 aliphatic rings. The zero-order valence-corrected chi connectivity index (χ0v) is 19.7. The molecule has 0 radical (unpaired) electrons. The van der Waals surface area contributed by atoms with Crippen molar-refractivity contribution in [2.45, 2.75) is 25.0 Å². The average molecular weight is 534 g/mol. The van der Waals surface area contributed by atoms with Crippen LogP contribution in [0.15, 0.2) is 18.2 Å². The molecule has 2 saturated heterocycles. The van der Waals surface area contributed by atoms with Crippen molar-refractivity contribution >= 4 is 11.9 Å². The highest BCUT2D eigenvalue weighted by atomic mass is 19.4. The maximum absolute atomic E-state index is 10.6. The van der Waals surface area contributed by atoms with Crippen LogP contribution >= 0.6 is 0 Å². The molecule has 1 aromatic rings. The number of carbonyl (C=O) groups is 2. The molecule has 0 aromatic heterocycles. The van der Waals surface area contributed by atoms with Gasteiger partial charge >= 0.3 is 24.3 Å². The average Bonchev–Trinajstić information content (AvgIpc) is 3.04. The van der Waals surface area contributed by atoms with Crippen LogP contribution in [0, 0.1) is 5.92 Å². The van der Waals surface area contributed by atoms with Crippen LogP contribution in [0.5, 0.6) is 11.5 Å². The van der Waals surface area contributed by atoms with E-state index in [0.717, 1.165) is 50.8 Å². The van der Waals surface area contributed by atoms with E-state index in [0.29, 0.717) is 12.0 Å². The Kier molecular flexibility index (Phi) is 11.7. The normalized spacial score (nSPS) is 20.6. The van der Waals surface area contributed by atoms with E-state index in [2.05, 4.69) is 29.0 Å². The van der Waals surface area contributed by atoms with Crippen LogP contribution in [0.3, 0.4) is 0 Å². The number of carboxylic acids is 2. The van der Waals surface area contributed by atoms with Crippen molar-refractivity contribution in [3.05, 3.63) is 23.8 Å². The second kappa shape index (κ2) is 13.5. The van der Waals surface area contributed by atoms with Gasteiger partial charge in [0.2, 0.25) is 0 Å². The molecule has 2 aliphatic heterocycles. The van der Waals surface area contributed by atoms with E-state index < -0.39 is 24.3 Å². The Labute approximate surface area is 203 Å². The molecule has 206 valence electrons. The third-order valence-corrected chi connectivity index (χ3v) is 5.11. The van der Waals surface area contributed by atoms with Crippen molar-refractivity contribution in [1.82, 2.24) is 9.80 Å². The number of likely N-dealkylation sites (tertiary alicyclic amines) is 1. The van der Waals surface area contributed by atoms with Gasteiger partial charge in [-0.25, -0.2) is 9.59 Å². The van der Waals surface area contributed by atoms with Gasteiger partial charge < -0.3 is 29.3 Å². The molecule has 0 unspecified atom stereocenters. The highest BCUT2D eigenvalue weighted by Crippen LogP contribution is 2.27. The summed E-state index contributed by atoms with van der Waals surface area (Å²) >= 11 is 0. The molecule has 0 saturated carbocycles. The third-order valence-electron chi connectivity index (χ3n) is 5.11. The summed E-state index contributed by atoms with van der Waals surface area (Å²) in [6.45, 7) is 6.03. The van der Waals surface area contributed by atoms with E-state index >= 15 is 0 Å². The number of methoxy groups -OCH3 is 2. The van der Waals surface area contributed by atoms with E-state index in [1.54, 1.807) is 14.2 Å². The molecular formula is C21H28F6N2O7. The molecule has 0 amide bonds. The second-order valence-electron chi connectivity index (χ2n) is 7.95. The maximum atomic E-state index is 10.6. The van der Waals surface area contributed by atoms with Gasteiger partial charge in [0.25, 0.3) is 0 Å².